The van der Waals surface area contributed by atoms with Crippen molar-refractivity contribution in [3.63, 3.8) is 0 Å². The van der Waals surface area contributed by atoms with E-state index in [1.54, 1.807) is 0 Å². The van der Waals surface area contributed by atoms with Crippen LogP contribution in [0.3, 0.4) is 0 Å². The number of aliphatic hydroxyl groups excluding tert-OH is 5. The topological polar surface area (TPSA) is 292 Å². The maximum Gasteiger partial charge on any atom is 0.425 e. The molecule has 0 unspecified atom stereocenters. The first-order valence-corrected chi connectivity index (χ1v) is 13.2. The number of thiazole rings is 2. The van der Waals surface area contributed by atoms with E-state index in [0.29, 0.717) is 22.7 Å². The van der Waals surface area contributed by atoms with Crippen molar-refractivity contribution in [1.29, 1.82) is 0 Å². The monoisotopic (exact) mass is 636 g/mol. The molecule has 1 aliphatic rings. The summed E-state index contributed by atoms with van der Waals surface area (Å²) in [6.07, 6.45) is -9.09. The largest absolute Gasteiger partial charge is 0.457 e. The molecular formula is C20H24N6O14S2. The normalized spacial score (nSPS) is 25.0. The summed E-state index contributed by atoms with van der Waals surface area (Å²) >= 11 is 1.20. The van der Waals surface area contributed by atoms with Crippen LogP contribution < -0.4 is 0 Å². The van der Waals surface area contributed by atoms with Crippen LogP contribution in [-0.2, 0) is 23.7 Å². The average Bonchev–Trinajstić information content (AvgIpc) is 3.62. The van der Waals surface area contributed by atoms with Crippen molar-refractivity contribution in [2.45, 2.75) is 56.1 Å². The van der Waals surface area contributed by atoms with Crippen molar-refractivity contribution in [3.8, 4) is 0 Å². The van der Waals surface area contributed by atoms with E-state index in [9.17, 15) is 50.6 Å². The lowest BCUT2D eigenvalue weighted by atomic mass is 9.99. The molecule has 42 heavy (non-hydrogen) atoms. The molecule has 0 saturated carbocycles. The summed E-state index contributed by atoms with van der Waals surface area (Å²) in [7, 11) is 0. The second kappa shape index (κ2) is 15.1. The molecule has 230 valence electrons. The minimum absolute atomic E-state index is 0.0208. The molecule has 0 aliphatic carbocycles. The van der Waals surface area contributed by atoms with Gasteiger partial charge < -0.3 is 64.7 Å². The van der Waals surface area contributed by atoms with Gasteiger partial charge in [0, 0.05) is 13.1 Å². The first-order valence-electron chi connectivity index (χ1n) is 11.6. The van der Waals surface area contributed by atoms with Crippen LogP contribution in [0.5, 0.6) is 0 Å². The minimum Gasteiger partial charge on any atom is -0.457 e. The smallest absolute Gasteiger partial charge is 0.425 e. The third-order valence-corrected chi connectivity index (χ3v) is 6.94. The van der Waals surface area contributed by atoms with E-state index in [1.165, 1.54) is 0 Å². The van der Waals surface area contributed by atoms with Gasteiger partial charge in [0.05, 0.1) is 19.4 Å². The Balaban J connectivity index is 1.85. The van der Waals surface area contributed by atoms with Crippen LogP contribution in [0.2, 0.25) is 0 Å². The van der Waals surface area contributed by atoms with Crippen LogP contribution in [0.1, 0.15) is 6.92 Å². The van der Waals surface area contributed by atoms with Gasteiger partial charge in [-0.2, -0.15) is 0 Å². The third-order valence-electron chi connectivity index (χ3n) is 5.23. The van der Waals surface area contributed by atoms with Gasteiger partial charge in [-0.1, -0.05) is 0 Å². The summed E-state index contributed by atoms with van der Waals surface area (Å²) in [6.45, 7) is -0.621. The van der Waals surface area contributed by atoms with Crippen LogP contribution in [0.15, 0.2) is 22.4 Å². The van der Waals surface area contributed by atoms with E-state index < -0.39 is 88.5 Å². The number of nitro groups is 2. The number of hydrogen-bond donors (Lipinski definition) is 5. The zero-order chi connectivity index (χ0) is 31.0. The van der Waals surface area contributed by atoms with E-state index in [0.717, 1.165) is 31.7 Å². The van der Waals surface area contributed by atoms with Crippen LogP contribution in [0.25, 0.3) is 0 Å². The fraction of sp³-hybridized carbons (Fsp3) is 0.550. The number of carbonyl (C=O) groups excluding carboxylic acids is 1. The summed E-state index contributed by atoms with van der Waals surface area (Å²) in [4.78, 5) is 46.7. The summed E-state index contributed by atoms with van der Waals surface area (Å²) in [5.41, 5.74) is 0. The molecule has 0 spiro atoms. The van der Waals surface area contributed by atoms with E-state index in [4.69, 9.17) is 18.9 Å². The summed E-state index contributed by atoms with van der Waals surface area (Å²) in [5.74, 6) is -0.870. The Morgan fingerprint density at radius 3 is 2.14 bits per heavy atom. The summed E-state index contributed by atoms with van der Waals surface area (Å²) in [5, 5.41) is 71.9. The fourth-order valence-electron chi connectivity index (χ4n) is 3.39. The number of ether oxygens (including phenoxy) is 4. The van der Waals surface area contributed by atoms with E-state index >= 15 is 0 Å². The average molecular weight is 637 g/mol. The van der Waals surface area contributed by atoms with E-state index in [2.05, 4.69) is 20.0 Å². The van der Waals surface area contributed by atoms with Crippen molar-refractivity contribution in [1.82, 2.24) is 9.97 Å². The number of esters is 1. The molecule has 1 saturated heterocycles. The molecular weight excluding hydrogens is 612 g/mol. The lowest BCUT2D eigenvalue weighted by molar-refractivity contribution is -0.384. The van der Waals surface area contributed by atoms with Gasteiger partial charge >= 0.3 is 16.2 Å². The highest BCUT2D eigenvalue weighted by Crippen LogP contribution is 2.30. The Bertz CT molecular complexity index is 1290. The van der Waals surface area contributed by atoms with Gasteiger partial charge in [-0.15, -0.1) is 0 Å². The zero-order valence-corrected chi connectivity index (χ0v) is 22.9. The van der Waals surface area contributed by atoms with Gasteiger partial charge in [-0.25, -0.2) is 9.98 Å². The van der Waals surface area contributed by atoms with Crippen molar-refractivity contribution in [3.05, 3.63) is 32.6 Å². The van der Waals surface area contributed by atoms with Gasteiger partial charge in [0.25, 0.3) is 0 Å². The molecule has 5 N–H and O–H groups in total. The second-order valence-electron chi connectivity index (χ2n) is 8.16. The van der Waals surface area contributed by atoms with Gasteiger partial charge in [0.15, 0.2) is 41.1 Å². The molecule has 1 fully saturated rings. The first kappa shape index (κ1) is 33.1. The molecule has 0 bridgehead atoms. The predicted molar refractivity (Wildman–Crippen MR) is 140 cm³/mol. The Kier molecular flexibility index (Phi) is 11.9. The molecule has 0 radical (unpaired) electrons. The Labute approximate surface area is 242 Å². The lowest BCUT2D eigenvalue weighted by Crippen LogP contribution is -2.61. The molecule has 0 aromatic carbocycles. The second-order valence-corrected chi connectivity index (χ2v) is 10.1. The van der Waals surface area contributed by atoms with E-state index in [1.807, 2.05) is 0 Å². The molecule has 20 nitrogen and oxygen atoms in total. The lowest BCUT2D eigenvalue weighted by Gasteiger charge is -2.42. The first-order chi connectivity index (χ1) is 19.9. The van der Waals surface area contributed by atoms with Crippen LogP contribution in [-0.4, -0.2) is 126 Å². The zero-order valence-electron chi connectivity index (χ0n) is 21.3. The number of aliphatic hydroxyl groups is 5. The Hall–Kier alpha value is -3.45. The number of aliphatic imine (C=N–C) groups is 2. The Morgan fingerprint density at radius 1 is 1.10 bits per heavy atom. The van der Waals surface area contributed by atoms with Crippen molar-refractivity contribution in [2.24, 2.45) is 9.98 Å². The molecule has 8 atom stereocenters. The van der Waals surface area contributed by atoms with Crippen molar-refractivity contribution >= 4 is 61.3 Å². The number of nitrogens with zero attached hydrogens (tertiary/aromatic N) is 6. The number of aromatic nitrogens is 2. The van der Waals surface area contributed by atoms with Crippen LogP contribution >= 0.6 is 22.7 Å². The highest BCUT2D eigenvalue weighted by Gasteiger charge is 2.48. The molecule has 2 aromatic rings. The van der Waals surface area contributed by atoms with Gasteiger partial charge in [0.2, 0.25) is 0 Å². The molecule has 0 amide bonds. The minimum atomic E-state index is -1.84. The van der Waals surface area contributed by atoms with Gasteiger partial charge in [-0.05, 0) is 42.5 Å². The van der Waals surface area contributed by atoms with Crippen LogP contribution in [0, 0.1) is 20.2 Å². The fourth-order valence-corrected chi connectivity index (χ4v) is 4.57. The summed E-state index contributed by atoms with van der Waals surface area (Å²) in [6, 6.07) is 0. The van der Waals surface area contributed by atoms with Gasteiger partial charge in [-0.3, -0.25) is 4.79 Å². The SMILES string of the molecule is CC(=O)O[C@H]1[C@@H](O)[C@@H](CO)O[C@@H](O[C@@H](C=Nc2cnc([N+](=O)[O-])s2)[C@@H](CO)O[C@H](O)C=Nc2cnc([N+](=O)[O-])s2)[C@@H]1O. The third kappa shape index (κ3) is 8.78. The number of carbonyl (C=O) groups is 1. The number of rotatable bonds is 14. The molecule has 3 heterocycles. The number of hydrogen-bond acceptors (Lipinski definition) is 20. The standard InChI is InChI=1S/C20H24N6O14S2/c1-8(29)37-17-15(31)11(7-28)40-18(16(17)32)39-9(2-21-12-3-23-19(41-12)25(33)34)10(6-27)38-14(30)5-22-13-4-24-20(42-13)26(35)36/h2-5,9-11,14-18,27-28,30-32H,6-7H2,1H3/t9-,10+,11+,14-,15-,16+,17-,18+/m0/s1. The predicted octanol–water partition coefficient (Wildman–Crippen LogP) is -1.03. The highest BCUT2D eigenvalue weighted by atomic mass is 32.1. The maximum absolute atomic E-state index is 11.5. The highest BCUT2D eigenvalue weighted by molar-refractivity contribution is 7.18. The van der Waals surface area contributed by atoms with Crippen molar-refractivity contribution in [2.75, 3.05) is 13.2 Å². The van der Waals surface area contributed by atoms with Crippen molar-refractivity contribution < 1.29 is 59.1 Å². The summed E-state index contributed by atoms with van der Waals surface area (Å²) < 4.78 is 21.4. The molecule has 22 heteroatoms. The quantitative estimate of drug-likeness (QED) is 0.0544. The maximum atomic E-state index is 11.5. The van der Waals surface area contributed by atoms with Gasteiger partial charge in [0.1, 0.15) is 30.5 Å². The Morgan fingerprint density at radius 2 is 1.67 bits per heavy atom. The molecule has 3 rings (SSSR count). The molecule has 2 aromatic heterocycles. The van der Waals surface area contributed by atoms with E-state index in [-0.39, 0.29) is 10.0 Å². The van der Waals surface area contributed by atoms with Crippen LogP contribution in [0.4, 0.5) is 20.3 Å². The molecule has 1 aliphatic heterocycles.